The standard InChI is InChI=1S/C10H7ClO2S2/c1-13-10(12)9-6(4-5-14-9)7-2-3-8(11)15-7/h2-5H,1H3. The Bertz CT molecular complexity index is 487. The molecule has 15 heavy (non-hydrogen) atoms. The molecule has 2 aromatic heterocycles. The van der Waals surface area contributed by atoms with Crippen LogP contribution in [-0.2, 0) is 4.74 Å². The zero-order valence-electron chi connectivity index (χ0n) is 7.82. The number of halogens is 1. The summed E-state index contributed by atoms with van der Waals surface area (Å²) in [5, 5.41) is 1.87. The van der Waals surface area contributed by atoms with Crippen LogP contribution in [0.2, 0.25) is 4.34 Å². The third-order valence-corrected chi connectivity index (χ3v) is 4.03. The fraction of sp³-hybridized carbons (Fsp3) is 0.100. The lowest BCUT2D eigenvalue weighted by Gasteiger charge is -1.98. The molecule has 0 fully saturated rings. The molecule has 5 heteroatoms. The van der Waals surface area contributed by atoms with E-state index in [4.69, 9.17) is 16.3 Å². The number of ether oxygens (including phenoxy) is 1. The molecule has 0 aliphatic heterocycles. The summed E-state index contributed by atoms with van der Waals surface area (Å²) in [4.78, 5) is 13.0. The van der Waals surface area contributed by atoms with Gasteiger partial charge in [-0.2, -0.15) is 0 Å². The van der Waals surface area contributed by atoms with E-state index in [0.29, 0.717) is 9.21 Å². The molecule has 0 saturated carbocycles. The van der Waals surface area contributed by atoms with Gasteiger partial charge in [0.1, 0.15) is 4.88 Å². The SMILES string of the molecule is COC(=O)c1sccc1-c1ccc(Cl)s1. The zero-order chi connectivity index (χ0) is 10.8. The normalized spacial score (nSPS) is 10.3. The minimum absolute atomic E-state index is 0.301. The van der Waals surface area contributed by atoms with Crippen molar-refractivity contribution < 1.29 is 9.53 Å². The predicted octanol–water partition coefficient (Wildman–Crippen LogP) is 3.92. The number of carbonyl (C=O) groups excluding carboxylic acids is 1. The van der Waals surface area contributed by atoms with E-state index in [1.165, 1.54) is 29.8 Å². The van der Waals surface area contributed by atoms with E-state index in [1.807, 2.05) is 23.6 Å². The van der Waals surface area contributed by atoms with Gasteiger partial charge in [-0.3, -0.25) is 0 Å². The van der Waals surface area contributed by atoms with Crippen molar-refractivity contribution in [2.45, 2.75) is 0 Å². The van der Waals surface area contributed by atoms with Crippen LogP contribution in [0.1, 0.15) is 9.67 Å². The number of hydrogen-bond acceptors (Lipinski definition) is 4. The number of esters is 1. The number of methoxy groups -OCH3 is 1. The fourth-order valence-corrected chi connectivity index (χ4v) is 3.18. The maximum absolute atomic E-state index is 11.4. The molecular weight excluding hydrogens is 252 g/mol. The van der Waals surface area contributed by atoms with Crippen LogP contribution >= 0.6 is 34.3 Å². The number of rotatable bonds is 2. The average molecular weight is 259 g/mol. The molecule has 2 rings (SSSR count). The molecule has 0 amide bonds. The van der Waals surface area contributed by atoms with Crippen molar-refractivity contribution in [3.05, 3.63) is 32.8 Å². The summed E-state index contributed by atoms with van der Waals surface area (Å²) in [6.07, 6.45) is 0. The Kier molecular flexibility index (Phi) is 3.09. The number of thiophene rings is 2. The van der Waals surface area contributed by atoms with Crippen LogP contribution in [0.15, 0.2) is 23.6 Å². The number of carbonyl (C=O) groups is 1. The summed E-state index contributed by atoms with van der Waals surface area (Å²) < 4.78 is 5.42. The third kappa shape index (κ3) is 2.07. The molecule has 0 bridgehead atoms. The van der Waals surface area contributed by atoms with E-state index in [-0.39, 0.29) is 5.97 Å². The van der Waals surface area contributed by atoms with Crippen molar-refractivity contribution in [2.24, 2.45) is 0 Å². The Morgan fingerprint density at radius 1 is 1.40 bits per heavy atom. The van der Waals surface area contributed by atoms with Crippen LogP contribution in [0.3, 0.4) is 0 Å². The highest BCUT2D eigenvalue weighted by Crippen LogP contribution is 2.35. The van der Waals surface area contributed by atoms with Crippen LogP contribution in [0.5, 0.6) is 0 Å². The molecule has 0 aliphatic carbocycles. The van der Waals surface area contributed by atoms with E-state index in [0.717, 1.165) is 10.4 Å². The van der Waals surface area contributed by atoms with Gasteiger partial charge in [-0.25, -0.2) is 4.79 Å². The second-order valence-corrected chi connectivity index (χ2v) is 5.39. The first-order chi connectivity index (χ1) is 7.22. The zero-order valence-corrected chi connectivity index (χ0v) is 10.2. The first-order valence-corrected chi connectivity index (χ1v) is 6.21. The Morgan fingerprint density at radius 2 is 2.20 bits per heavy atom. The summed E-state index contributed by atoms with van der Waals surface area (Å²) >= 11 is 8.68. The minimum atomic E-state index is -0.301. The lowest BCUT2D eigenvalue weighted by molar-refractivity contribution is 0.0607. The van der Waals surface area contributed by atoms with Gasteiger partial charge in [0.15, 0.2) is 0 Å². The molecule has 0 N–H and O–H groups in total. The van der Waals surface area contributed by atoms with E-state index in [9.17, 15) is 4.79 Å². The van der Waals surface area contributed by atoms with E-state index < -0.39 is 0 Å². The Labute approximate surface area is 100 Å². The molecule has 2 aromatic rings. The first-order valence-electron chi connectivity index (χ1n) is 4.14. The quantitative estimate of drug-likeness (QED) is 0.764. The van der Waals surface area contributed by atoms with Gasteiger partial charge in [0, 0.05) is 10.4 Å². The van der Waals surface area contributed by atoms with Gasteiger partial charge < -0.3 is 4.74 Å². The molecule has 0 aromatic carbocycles. The Balaban J connectivity index is 2.45. The molecule has 0 atom stereocenters. The van der Waals surface area contributed by atoms with Gasteiger partial charge in [-0.15, -0.1) is 22.7 Å². The largest absolute Gasteiger partial charge is 0.465 e. The summed E-state index contributed by atoms with van der Waals surface area (Å²) in [5.41, 5.74) is 0.892. The van der Waals surface area contributed by atoms with Gasteiger partial charge >= 0.3 is 5.97 Å². The van der Waals surface area contributed by atoms with Crippen LogP contribution in [-0.4, -0.2) is 13.1 Å². The lowest BCUT2D eigenvalue weighted by Crippen LogP contribution is -1.99. The van der Waals surface area contributed by atoms with Gasteiger partial charge in [0.05, 0.1) is 11.4 Å². The maximum atomic E-state index is 11.4. The van der Waals surface area contributed by atoms with Crippen molar-refractivity contribution in [1.82, 2.24) is 0 Å². The van der Waals surface area contributed by atoms with Crippen LogP contribution < -0.4 is 0 Å². The first kappa shape index (κ1) is 10.7. The van der Waals surface area contributed by atoms with Crippen molar-refractivity contribution >= 4 is 40.2 Å². The second kappa shape index (κ2) is 4.35. The summed E-state index contributed by atoms with van der Waals surface area (Å²) in [6.45, 7) is 0. The minimum Gasteiger partial charge on any atom is -0.465 e. The van der Waals surface area contributed by atoms with Gasteiger partial charge in [0.25, 0.3) is 0 Å². The monoisotopic (exact) mass is 258 g/mol. The molecule has 2 heterocycles. The molecule has 0 aliphatic rings. The van der Waals surface area contributed by atoms with Crippen molar-refractivity contribution in [2.75, 3.05) is 7.11 Å². The van der Waals surface area contributed by atoms with E-state index in [1.54, 1.807) is 0 Å². The van der Waals surface area contributed by atoms with E-state index in [2.05, 4.69) is 0 Å². The summed E-state index contributed by atoms with van der Waals surface area (Å²) in [6, 6.07) is 5.63. The number of hydrogen-bond donors (Lipinski definition) is 0. The second-order valence-electron chi connectivity index (χ2n) is 2.76. The topological polar surface area (TPSA) is 26.3 Å². The maximum Gasteiger partial charge on any atom is 0.348 e. The highest BCUT2D eigenvalue weighted by atomic mass is 35.5. The van der Waals surface area contributed by atoms with Gasteiger partial charge in [-0.1, -0.05) is 11.6 Å². The molecule has 0 unspecified atom stereocenters. The van der Waals surface area contributed by atoms with Gasteiger partial charge in [0.2, 0.25) is 0 Å². The van der Waals surface area contributed by atoms with Crippen LogP contribution in [0.25, 0.3) is 10.4 Å². The fourth-order valence-electron chi connectivity index (χ4n) is 1.21. The summed E-state index contributed by atoms with van der Waals surface area (Å²) in [5.74, 6) is -0.301. The van der Waals surface area contributed by atoms with Crippen molar-refractivity contribution in [3.63, 3.8) is 0 Å². The van der Waals surface area contributed by atoms with Crippen LogP contribution in [0.4, 0.5) is 0 Å². The smallest absolute Gasteiger partial charge is 0.348 e. The lowest BCUT2D eigenvalue weighted by atomic mass is 10.2. The van der Waals surface area contributed by atoms with Crippen molar-refractivity contribution in [3.8, 4) is 10.4 Å². The molecule has 2 nitrogen and oxygen atoms in total. The van der Waals surface area contributed by atoms with Crippen molar-refractivity contribution in [1.29, 1.82) is 0 Å². The molecular formula is C10H7ClO2S2. The molecule has 0 saturated heterocycles. The van der Waals surface area contributed by atoms with Gasteiger partial charge in [-0.05, 0) is 23.6 Å². The highest BCUT2D eigenvalue weighted by molar-refractivity contribution is 7.20. The predicted molar refractivity (Wildman–Crippen MR) is 64.0 cm³/mol. The Morgan fingerprint density at radius 3 is 2.80 bits per heavy atom. The Hall–Kier alpha value is -0.840. The highest BCUT2D eigenvalue weighted by Gasteiger charge is 2.15. The molecule has 0 spiro atoms. The summed E-state index contributed by atoms with van der Waals surface area (Å²) in [7, 11) is 1.38. The van der Waals surface area contributed by atoms with E-state index >= 15 is 0 Å². The van der Waals surface area contributed by atoms with Crippen LogP contribution in [0, 0.1) is 0 Å². The third-order valence-electron chi connectivity index (χ3n) is 1.87. The average Bonchev–Trinajstić information content (AvgIpc) is 2.84. The molecule has 78 valence electrons. The molecule has 0 radical (unpaired) electrons.